The molecule has 0 saturated heterocycles. The molecule has 2 heterocycles. The maximum Gasteiger partial charge on any atom is 0.329 e. The summed E-state index contributed by atoms with van der Waals surface area (Å²) in [7, 11) is 0. The standard InChI is InChI=1S/C21H18F2N4O3/c1-4-15-17(18(28)13-6-11(2)5-12(7-13)9-24)27(20(30)25-19(15)29)10-14-8-16(22)26-21(14,3)23/h5-8H,4,10H2,1-3H3,(H,25,29,30). The number of hydrogen-bond donors (Lipinski definition) is 1. The number of H-pyrrole nitrogens is 1. The summed E-state index contributed by atoms with van der Waals surface area (Å²) in [5, 5.41) is 9.19. The molecule has 0 aliphatic carbocycles. The van der Waals surface area contributed by atoms with Crippen LogP contribution in [-0.2, 0) is 13.0 Å². The first-order valence-corrected chi connectivity index (χ1v) is 9.15. The van der Waals surface area contributed by atoms with Crippen molar-refractivity contribution in [1.29, 1.82) is 5.26 Å². The highest BCUT2D eigenvalue weighted by Gasteiger charge is 2.35. The zero-order valence-electron chi connectivity index (χ0n) is 16.5. The quantitative estimate of drug-likeness (QED) is 0.601. The fourth-order valence-electron chi connectivity index (χ4n) is 3.41. The van der Waals surface area contributed by atoms with Crippen LogP contribution in [0.15, 0.2) is 44.4 Å². The van der Waals surface area contributed by atoms with Gasteiger partial charge in [0.1, 0.15) is 5.69 Å². The summed E-state index contributed by atoms with van der Waals surface area (Å²) in [6.45, 7) is 3.87. The fourth-order valence-corrected chi connectivity index (χ4v) is 3.41. The summed E-state index contributed by atoms with van der Waals surface area (Å²) in [4.78, 5) is 43.6. The zero-order valence-corrected chi connectivity index (χ0v) is 16.5. The molecule has 30 heavy (non-hydrogen) atoms. The fraction of sp³-hybridized carbons (Fsp3) is 0.286. The summed E-state index contributed by atoms with van der Waals surface area (Å²) in [5.41, 5.74) is -1.07. The summed E-state index contributed by atoms with van der Waals surface area (Å²) < 4.78 is 29.0. The van der Waals surface area contributed by atoms with Gasteiger partial charge in [-0.05, 0) is 50.1 Å². The minimum Gasteiger partial charge on any atom is -0.287 e. The number of rotatable bonds is 5. The molecule has 0 spiro atoms. The van der Waals surface area contributed by atoms with Crippen molar-refractivity contribution >= 4 is 11.7 Å². The van der Waals surface area contributed by atoms with Gasteiger partial charge in [0.2, 0.25) is 17.5 Å². The van der Waals surface area contributed by atoms with E-state index < -0.39 is 35.3 Å². The second-order valence-corrected chi connectivity index (χ2v) is 7.11. The zero-order chi connectivity index (χ0) is 22.2. The van der Waals surface area contributed by atoms with E-state index in [2.05, 4.69) is 9.98 Å². The van der Waals surface area contributed by atoms with Gasteiger partial charge in [0.05, 0.1) is 18.2 Å². The second-order valence-electron chi connectivity index (χ2n) is 7.11. The Bertz CT molecular complexity index is 1280. The number of nitrogens with zero attached hydrogens (tertiary/aromatic N) is 3. The summed E-state index contributed by atoms with van der Waals surface area (Å²) >= 11 is 0. The lowest BCUT2D eigenvalue weighted by Gasteiger charge is -2.19. The van der Waals surface area contributed by atoms with E-state index in [0.29, 0.717) is 5.56 Å². The predicted octanol–water partition coefficient (Wildman–Crippen LogP) is 2.50. The number of alkyl halides is 1. The molecule has 1 unspecified atom stereocenters. The van der Waals surface area contributed by atoms with Crippen molar-refractivity contribution in [2.24, 2.45) is 4.99 Å². The van der Waals surface area contributed by atoms with Crippen LogP contribution < -0.4 is 11.2 Å². The molecule has 1 aromatic carbocycles. The highest BCUT2D eigenvalue weighted by molar-refractivity contribution is 6.09. The normalized spacial score (nSPS) is 18.0. The van der Waals surface area contributed by atoms with Crippen molar-refractivity contribution in [2.75, 3.05) is 0 Å². The smallest absolute Gasteiger partial charge is 0.287 e. The number of hydrogen-bond acceptors (Lipinski definition) is 5. The Morgan fingerprint density at radius 2 is 2.03 bits per heavy atom. The Hall–Kier alpha value is -3.67. The molecule has 9 heteroatoms. The van der Waals surface area contributed by atoms with E-state index in [1.165, 1.54) is 12.1 Å². The molecule has 154 valence electrons. The van der Waals surface area contributed by atoms with Crippen LogP contribution in [0.1, 0.15) is 46.6 Å². The van der Waals surface area contributed by atoms with Gasteiger partial charge < -0.3 is 0 Å². The van der Waals surface area contributed by atoms with Crippen LogP contribution in [0.4, 0.5) is 8.78 Å². The molecule has 1 aliphatic rings. The molecule has 0 fully saturated rings. The third-order valence-corrected chi connectivity index (χ3v) is 4.86. The lowest BCUT2D eigenvalue weighted by molar-refractivity contribution is 0.102. The number of halogens is 2. The molecule has 0 amide bonds. The van der Waals surface area contributed by atoms with Crippen LogP contribution in [0.5, 0.6) is 0 Å². The molecular formula is C21H18F2N4O3. The second kappa shape index (κ2) is 7.63. The Morgan fingerprint density at radius 1 is 1.33 bits per heavy atom. The number of benzene rings is 1. The maximum absolute atomic E-state index is 14.6. The van der Waals surface area contributed by atoms with Gasteiger partial charge in [-0.3, -0.25) is 19.1 Å². The van der Waals surface area contributed by atoms with Crippen LogP contribution in [0.25, 0.3) is 0 Å². The van der Waals surface area contributed by atoms with Gasteiger partial charge in [-0.1, -0.05) is 6.92 Å². The van der Waals surface area contributed by atoms with Gasteiger partial charge >= 0.3 is 5.69 Å². The van der Waals surface area contributed by atoms with Gasteiger partial charge in [-0.15, -0.1) is 0 Å². The average Bonchev–Trinajstić information content (AvgIpc) is 2.93. The molecule has 0 saturated carbocycles. The van der Waals surface area contributed by atoms with Gasteiger partial charge in [0.15, 0.2) is 0 Å². The van der Waals surface area contributed by atoms with Crippen molar-refractivity contribution in [2.45, 2.75) is 39.5 Å². The molecule has 2 aromatic rings. The number of aromatic amines is 1. The van der Waals surface area contributed by atoms with Crippen molar-refractivity contribution < 1.29 is 13.6 Å². The van der Waals surface area contributed by atoms with Gasteiger partial charge in [-0.2, -0.15) is 9.65 Å². The van der Waals surface area contributed by atoms with E-state index in [9.17, 15) is 28.4 Å². The number of ketones is 1. The SMILES string of the molecule is CCc1c(C(=O)c2cc(C)cc(C#N)c2)n(CC2=CC(F)=NC2(C)F)c(=O)[nH]c1=O. The lowest BCUT2D eigenvalue weighted by Crippen LogP contribution is -2.38. The van der Waals surface area contributed by atoms with Crippen LogP contribution >= 0.6 is 0 Å². The Balaban J connectivity index is 2.24. The Morgan fingerprint density at radius 3 is 2.60 bits per heavy atom. The molecule has 0 bridgehead atoms. The van der Waals surface area contributed by atoms with Crippen molar-refractivity contribution in [1.82, 2.24) is 9.55 Å². The van der Waals surface area contributed by atoms with Crippen molar-refractivity contribution in [3.8, 4) is 6.07 Å². The number of aromatic nitrogens is 2. The third-order valence-electron chi connectivity index (χ3n) is 4.86. The van der Waals surface area contributed by atoms with Crippen molar-refractivity contribution in [3.63, 3.8) is 0 Å². The molecular weight excluding hydrogens is 394 g/mol. The van der Waals surface area contributed by atoms with Gasteiger partial charge in [0.25, 0.3) is 5.56 Å². The van der Waals surface area contributed by atoms with Gasteiger partial charge in [0, 0.05) is 16.7 Å². The number of aryl methyl sites for hydroxylation is 1. The van der Waals surface area contributed by atoms with Crippen LogP contribution in [0.2, 0.25) is 0 Å². The molecule has 0 radical (unpaired) electrons. The first kappa shape index (κ1) is 21.0. The van der Waals surface area contributed by atoms with Crippen LogP contribution in [-0.4, -0.2) is 27.1 Å². The molecule has 3 rings (SSSR count). The lowest BCUT2D eigenvalue weighted by atomic mass is 9.98. The highest BCUT2D eigenvalue weighted by Crippen LogP contribution is 2.30. The van der Waals surface area contributed by atoms with E-state index >= 15 is 0 Å². The van der Waals surface area contributed by atoms with E-state index in [0.717, 1.165) is 17.6 Å². The summed E-state index contributed by atoms with van der Waals surface area (Å²) in [6.07, 6.45) is 0.974. The van der Waals surface area contributed by atoms with Gasteiger partial charge in [-0.25, -0.2) is 14.2 Å². The number of nitriles is 1. The number of carbonyl (C=O) groups excluding carboxylic acids is 1. The highest BCUT2D eigenvalue weighted by atomic mass is 19.2. The molecule has 1 aliphatic heterocycles. The number of allylic oxidation sites excluding steroid dienone is 1. The van der Waals surface area contributed by atoms with E-state index in [-0.39, 0.29) is 34.4 Å². The molecule has 7 nitrogen and oxygen atoms in total. The number of nitrogens with one attached hydrogen (secondary N) is 1. The molecule has 1 aromatic heterocycles. The summed E-state index contributed by atoms with van der Waals surface area (Å²) in [5.74, 6) is -4.09. The maximum atomic E-state index is 14.6. The van der Waals surface area contributed by atoms with Crippen LogP contribution in [0.3, 0.4) is 0 Å². The minimum absolute atomic E-state index is 0.0279. The third kappa shape index (κ3) is 3.76. The largest absolute Gasteiger partial charge is 0.329 e. The van der Waals surface area contributed by atoms with E-state index in [1.54, 1.807) is 19.9 Å². The van der Waals surface area contributed by atoms with Crippen LogP contribution in [0, 0.1) is 18.3 Å². The minimum atomic E-state index is -2.39. The monoisotopic (exact) mass is 412 g/mol. The molecule has 1 atom stereocenters. The number of carbonyl (C=O) groups is 1. The number of aliphatic imine (C=N–C) groups is 1. The first-order chi connectivity index (χ1) is 14.1. The Kier molecular flexibility index (Phi) is 5.35. The average molecular weight is 412 g/mol. The predicted molar refractivity (Wildman–Crippen MR) is 106 cm³/mol. The summed E-state index contributed by atoms with van der Waals surface area (Å²) in [6, 6.07) is 6.41. The Labute approximate surface area is 170 Å². The van der Waals surface area contributed by atoms with E-state index in [4.69, 9.17) is 0 Å². The van der Waals surface area contributed by atoms with Crippen molar-refractivity contribution in [3.05, 3.63) is 78.6 Å². The topological polar surface area (TPSA) is 108 Å². The molecule has 1 N–H and O–H groups in total. The van der Waals surface area contributed by atoms with E-state index in [1.807, 2.05) is 6.07 Å². The first-order valence-electron chi connectivity index (χ1n) is 9.15.